The number of imidazole rings is 1. The molecule has 1 aliphatic carbocycles. The van der Waals surface area contributed by atoms with Crippen molar-refractivity contribution in [2.45, 2.75) is 63.3 Å². The highest BCUT2D eigenvalue weighted by atomic mass is 35.5. The van der Waals surface area contributed by atoms with Crippen LogP contribution in [0.15, 0.2) is 30.7 Å². The number of nitrogen functional groups attached to an aromatic ring is 1. The van der Waals surface area contributed by atoms with Crippen LogP contribution in [0.25, 0.3) is 11.3 Å². The van der Waals surface area contributed by atoms with E-state index < -0.39 is 5.82 Å². The van der Waals surface area contributed by atoms with Gasteiger partial charge in [-0.2, -0.15) is 0 Å². The number of aromatic nitrogens is 4. The highest BCUT2D eigenvalue weighted by molar-refractivity contribution is 6.30. The number of piperidine rings is 1. The molecular formula is C28H35ClFN7. The lowest BCUT2D eigenvalue weighted by atomic mass is 9.80. The lowest BCUT2D eigenvalue weighted by Gasteiger charge is -2.36. The highest BCUT2D eigenvalue weighted by Gasteiger charge is 2.31. The Balaban J connectivity index is 1.23. The van der Waals surface area contributed by atoms with E-state index in [0.717, 1.165) is 67.5 Å². The minimum absolute atomic E-state index is 0.136. The largest absolute Gasteiger partial charge is 0.383 e. The van der Waals surface area contributed by atoms with Gasteiger partial charge in [0.25, 0.3) is 0 Å². The first-order chi connectivity index (χ1) is 18.1. The minimum atomic E-state index is -0.410. The number of nitrogens with two attached hydrogens (primary N) is 1. The Hall–Kier alpha value is -2.71. The molecule has 2 saturated heterocycles. The summed E-state index contributed by atoms with van der Waals surface area (Å²) < 4.78 is 16.5. The number of anilines is 2. The third-order valence-electron chi connectivity index (χ3n) is 8.45. The summed E-state index contributed by atoms with van der Waals surface area (Å²) in [5.74, 6) is 3.17. The van der Waals surface area contributed by atoms with Gasteiger partial charge in [0, 0.05) is 49.4 Å². The molecule has 4 heterocycles. The van der Waals surface area contributed by atoms with E-state index in [9.17, 15) is 4.39 Å². The van der Waals surface area contributed by atoms with Crippen LogP contribution in [0.5, 0.6) is 0 Å². The Labute approximate surface area is 222 Å². The molecule has 3 fully saturated rings. The van der Waals surface area contributed by atoms with Crippen molar-refractivity contribution in [1.82, 2.24) is 24.4 Å². The summed E-state index contributed by atoms with van der Waals surface area (Å²) in [4.78, 5) is 19.0. The van der Waals surface area contributed by atoms with Gasteiger partial charge < -0.3 is 20.1 Å². The molecule has 0 radical (unpaired) electrons. The smallest absolute Gasteiger partial charge is 0.142 e. The van der Waals surface area contributed by atoms with E-state index in [0.29, 0.717) is 17.7 Å². The summed E-state index contributed by atoms with van der Waals surface area (Å²) in [7, 11) is 0. The molecule has 1 saturated carbocycles. The molecule has 1 aromatic carbocycles. The van der Waals surface area contributed by atoms with Gasteiger partial charge in [-0.05, 0) is 69.7 Å². The Morgan fingerprint density at radius 3 is 2.43 bits per heavy atom. The van der Waals surface area contributed by atoms with Crippen LogP contribution < -0.4 is 10.6 Å². The van der Waals surface area contributed by atoms with Crippen LogP contribution in [-0.2, 0) is 6.54 Å². The number of rotatable bonds is 7. The van der Waals surface area contributed by atoms with Crippen molar-refractivity contribution in [1.29, 1.82) is 0 Å². The van der Waals surface area contributed by atoms with Gasteiger partial charge in [0.15, 0.2) is 0 Å². The maximum absolute atomic E-state index is 14.2. The van der Waals surface area contributed by atoms with Crippen molar-refractivity contribution < 1.29 is 4.39 Å². The Morgan fingerprint density at radius 2 is 1.73 bits per heavy atom. The molecule has 3 aromatic rings. The molecule has 6 rings (SSSR count). The SMILES string of the molecule is Nc1ncnc(N2CCC(c3nc(-c4ccc(Cl)c(F)c4)cn3CCN3CCCC3)CC2)c1C1CCC1. The number of hydrogen-bond acceptors (Lipinski definition) is 6. The van der Waals surface area contributed by atoms with Crippen LogP contribution in [0, 0.1) is 5.82 Å². The monoisotopic (exact) mass is 523 g/mol. The number of halogens is 2. The molecule has 7 nitrogen and oxygen atoms in total. The predicted molar refractivity (Wildman–Crippen MR) is 146 cm³/mol. The van der Waals surface area contributed by atoms with Crippen molar-refractivity contribution in [3.8, 4) is 11.3 Å². The molecule has 0 unspecified atom stereocenters. The quantitative estimate of drug-likeness (QED) is 0.443. The minimum Gasteiger partial charge on any atom is -0.383 e. The summed E-state index contributed by atoms with van der Waals surface area (Å²) in [5, 5.41) is 0.136. The van der Waals surface area contributed by atoms with Gasteiger partial charge in [0.2, 0.25) is 0 Å². The van der Waals surface area contributed by atoms with E-state index in [1.807, 2.05) is 6.07 Å². The van der Waals surface area contributed by atoms with E-state index in [1.54, 1.807) is 12.4 Å². The van der Waals surface area contributed by atoms with Gasteiger partial charge in [-0.15, -0.1) is 0 Å². The van der Waals surface area contributed by atoms with E-state index >= 15 is 0 Å². The molecule has 9 heteroatoms. The number of benzene rings is 1. The van der Waals surface area contributed by atoms with Gasteiger partial charge in [0.05, 0.1) is 10.7 Å². The molecule has 0 amide bonds. The lowest BCUT2D eigenvalue weighted by Crippen LogP contribution is -2.36. The topological polar surface area (TPSA) is 76.1 Å². The molecule has 3 aliphatic rings. The summed E-state index contributed by atoms with van der Waals surface area (Å²) in [6.07, 6.45) is 11.8. The number of nitrogens with zero attached hydrogens (tertiary/aromatic N) is 6. The van der Waals surface area contributed by atoms with Crippen LogP contribution in [-0.4, -0.2) is 57.1 Å². The van der Waals surface area contributed by atoms with Crippen molar-refractivity contribution in [2.24, 2.45) is 0 Å². The van der Waals surface area contributed by atoms with Gasteiger partial charge in [-0.3, -0.25) is 0 Å². The first kappa shape index (κ1) is 24.6. The molecule has 2 N–H and O–H groups in total. The fourth-order valence-electron chi connectivity index (χ4n) is 6.07. The molecule has 0 bridgehead atoms. The predicted octanol–water partition coefficient (Wildman–Crippen LogP) is 5.46. The maximum Gasteiger partial charge on any atom is 0.142 e. The zero-order valence-corrected chi connectivity index (χ0v) is 22.0. The standard InChI is InChI=1S/C28H35ClFN7/c29-22-7-6-21(16-23(22)30)24-17-37(15-14-35-10-1-2-11-35)27(34-24)20-8-12-36(13-9-20)28-25(19-4-3-5-19)26(31)32-18-33-28/h6-7,16-20H,1-5,8-15H2,(H2,31,32,33). The highest BCUT2D eigenvalue weighted by Crippen LogP contribution is 2.43. The van der Waals surface area contributed by atoms with Crippen molar-refractivity contribution in [2.75, 3.05) is 43.4 Å². The van der Waals surface area contributed by atoms with E-state index in [2.05, 4.69) is 30.5 Å². The molecule has 0 spiro atoms. The normalized spacial score (nSPS) is 19.5. The average molecular weight is 524 g/mol. The Bertz CT molecular complexity index is 1240. The lowest BCUT2D eigenvalue weighted by molar-refractivity contribution is 0.317. The average Bonchev–Trinajstić information content (AvgIpc) is 3.55. The molecule has 0 atom stereocenters. The molecular weight excluding hydrogens is 489 g/mol. The van der Waals surface area contributed by atoms with Gasteiger partial charge in [-0.1, -0.05) is 24.1 Å². The van der Waals surface area contributed by atoms with E-state index in [1.165, 1.54) is 51.3 Å². The summed E-state index contributed by atoms with van der Waals surface area (Å²) in [6, 6.07) is 4.95. The van der Waals surface area contributed by atoms with Crippen LogP contribution in [0.1, 0.15) is 68.2 Å². The van der Waals surface area contributed by atoms with Gasteiger partial charge in [0.1, 0.15) is 29.6 Å². The number of likely N-dealkylation sites (tertiary alicyclic amines) is 1. The van der Waals surface area contributed by atoms with Crippen LogP contribution in [0.4, 0.5) is 16.0 Å². The fourth-order valence-corrected chi connectivity index (χ4v) is 6.19. The third-order valence-corrected chi connectivity index (χ3v) is 8.75. The van der Waals surface area contributed by atoms with Crippen molar-refractivity contribution >= 4 is 23.2 Å². The van der Waals surface area contributed by atoms with Crippen LogP contribution >= 0.6 is 11.6 Å². The third kappa shape index (κ3) is 5.06. The zero-order valence-electron chi connectivity index (χ0n) is 21.3. The van der Waals surface area contributed by atoms with Crippen molar-refractivity contribution in [3.63, 3.8) is 0 Å². The van der Waals surface area contributed by atoms with Crippen LogP contribution in [0.2, 0.25) is 5.02 Å². The molecule has 37 heavy (non-hydrogen) atoms. The van der Waals surface area contributed by atoms with E-state index in [-0.39, 0.29) is 5.02 Å². The first-order valence-electron chi connectivity index (χ1n) is 13.7. The second-order valence-corrected chi connectivity index (χ2v) is 11.1. The maximum atomic E-state index is 14.2. The Morgan fingerprint density at radius 1 is 0.946 bits per heavy atom. The summed E-state index contributed by atoms with van der Waals surface area (Å²) >= 11 is 5.94. The fraction of sp³-hybridized carbons (Fsp3) is 0.536. The summed E-state index contributed by atoms with van der Waals surface area (Å²) in [6.45, 7) is 6.07. The van der Waals surface area contributed by atoms with Crippen molar-refractivity contribution in [3.05, 3.63) is 53.0 Å². The zero-order chi connectivity index (χ0) is 25.4. The molecule has 196 valence electrons. The van der Waals surface area contributed by atoms with Gasteiger partial charge >= 0.3 is 0 Å². The number of hydrogen-bond donors (Lipinski definition) is 1. The molecule has 2 aliphatic heterocycles. The first-order valence-corrected chi connectivity index (χ1v) is 14.0. The summed E-state index contributed by atoms with van der Waals surface area (Å²) in [5.41, 5.74) is 9.03. The second-order valence-electron chi connectivity index (χ2n) is 10.7. The Kier molecular flexibility index (Phi) is 7.04. The molecule has 2 aromatic heterocycles. The van der Waals surface area contributed by atoms with Crippen LogP contribution in [0.3, 0.4) is 0 Å². The second kappa shape index (κ2) is 10.6. The van der Waals surface area contributed by atoms with Gasteiger partial charge in [-0.25, -0.2) is 19.3 Å². The van der Waals surface area contributed by atoms with E-state index in [4.69, 9.17) is 22.3 Å².